The molecule has 0 aliphatic heterocycles. The second-order valence-corrected chi connectivity index (χ2v) is 15.8. The molecule has 50 heavy (non-hydrogen) atoms. The fraction of sp³-hybridized carbons (Fsp3) is 0.130. The number of aromatic nitrogens is 3. The van der Waals surface area contributed by atoms with Gasteiger partial charge in [0.2, 0.25) is 0 Å². The molecule has 5 aromatic carbocycles. The third-order valence-electron chi connectivity index (χ3n) is 9.71. The van der Waals surface area contributed by atoms with Crippen LogP contribution in [0.25, 0.3) is 82.0 Å². The first-order valence-corrected chi connectivity index (χ1v) is 18.1. The van der Waals surface area contributed by atoms with Crippen molar-refractivity contribution in [1.29, 1.82) is 0 Å². The van der Waals surface area contributed by atoms with E-state index in [1.807, 2.05) is 29.8 Å². The zero-order chi connectivity index (χ0) is 34.0. The second-order valence-electron chi connectivity index (χ2n) is 14.6. The van der Waals surface area contributed by atoms with E-state index in [0.29, 0.717) is 0 Å². The monoisotopic (exact) mass is 663 g/mol. The Bertz CT molecular complexity index is 2710. The Kier molecular flexibility index (Phi) is 7.18. The third kappa shape index (κ3) is 5.28. The Hall–Kier alpha value is -5.58. The fourth-order valence-corrected chi connectivity index (χ4v) is 8.63. The predicted octanol–water partition coefficient (Wildman–Crippen LogP) is 12.8. The molecule has 0 aliphatic rings. The summed E-state index contributed by atoms with van der Waals surface area (Å²) in [6.45, 7) is 9.08. The van der Waals surface area contributed by atoms with E-state index in [2.05, 4.69) is 154 Å². The summed E-state index contributed by atoms with van der Waals surface area (Å²) in [6, 6.07) is 46.5. The lowest BCUT2D eigenvalue weighted by atomic mass is 9.87. The largest absolute Gasteiger partial charge is 0.294 e. The molecule has 0 unspecified atom stereocenters. The molecule has 3 nitrogen and oxygen atoms in total. The second kappa shape index (κ2) is 11.8. The first kappa shape index (κ1) is 30.5. The predicted molar refractivity (Wildman–Crippen MR) is 213 cm³/mol. The molecule has 4 heteroatoms. The smallest absolute Gasteiger partial charge is 0.137 e. The number of aryl methyl sites for hydroxylation is 1. The number of fused-ring (bicyclic) bond motifs is 6. The van der Waals surface area contributed by atoms with Crippen molar-refractivity contribution >= 4 is 54.0 Å². The molecule has 9 aromatic rings. The van der Waals surface area contributed by atoms with Crippen molar-refractivity contribution in [2.75, 3.05) is 0 Å². The summed E-state index contributed by atoms with van der Waals surface area (Å²) < 4.78 is 3.57. The molecule has 0 aliphatic carbocycles. The van der Waals surface area contributed by atoms with E-state index in [1.54, 1.807) is 0 Å². The number of pyridine rings is 2. The van der Waals surface area contributed by atoms with Crippen LogP contribution in [0.3, 0.4) is 0 Å². The molecule has 0 bridgehead atoms. The first-order valence-electron chi connectivity index (χ1n) is 17.3. The Morgan fingerprint density at radius 1 is 0.560 bits per heavy atom. The molecule has 0 saturated carbocycles. The molecule has 0 amide bonds. The zero-order valence-corrected chi connectivity index (χ0v) is 29.6. The highest BCUT2D eigenvalue weighted by Gasteiger charge is 2.18. The summed E-state index contributed by atoms with van der Waals surface area (Å²) >= 11 is 1.85. The maximum absolute atomic E-state index is 4.98. The van der Waals surface area contributed by atoms with Crippen molar-refractivity contribution in [3.63, 3.8) is 0 Å². The van der Waals surface area contributed by atoms with Crippen LogP contribution in [0.1, 0.15) is 31.2 Å². The van der Waals surface area contributed by atoms with Gasteiger partial charge in [-0.2, -0.15) is 0 Å². The van der Waals surface area contributed by atoms with Gasteiger partial charge in [-0.15, -0.1) is 11.3 Å². The molecule has 0 N–H and O–H groups in total. The van der Waals surface area contributed by atoms with Crippen LogP contribution in [-0.4, -0.2) is 14.5 Å². The average Bonchev–Trinajstić information content (AvgIpc) is 3.68. The van der Waals surface area contributed by atoms with Gasteiger partial charge in [-0.05, 0) is 106 Å². The molecule has 4 heterocycles. The van der Waals surface area contributed by atoms with Crippen molar-refractivity contribution in [2.24, 2.45) is 5.41 Å². The topological polar surface area (TPSA) is 30.7 Å². The number of thiophene rings is 1. The summed E-state index contributed by atoms with van der Waals surface area (Å²) in [5.41, 5.74) is 10.9. The molecule has 0 spiro atoms. The van der Waals surface area contributed by atoms with Gasteiger partial charge in [0, 0.05) is 43.7 Å². The van der Waals surface area contributed by atoms with Gasteiger partial charge in [-0.3, -0.25) is 9.55 Å². The number of hydrogen-bond acceptors (Lipinski definition) is 3. The summed E-state index contributed by atoms with van der Waals surface area (Å²) in [5, 5.41) is 6.22. The van der Waals surface area contributed by atoms with E-state index in [4.69, 9.17) is 9.97 Å². The van der Waals surface area contributed by atoms with Crippen LogP contribution in [0.15, 0.2) is 140 Å². The lowest BCUT2D eigenvalue weighted by Gasteiger charge is -2.18. The number of nitrogens with zero attached hydrogens (tertiary/aromatic N) is 3. The molecule has 242 valence electrons. The number of rotatable bonds is 5. The van der Waals surface area contributed by atoms with Gasteiger partial charge < -0.3 is 0 Å². The Labute approximate surface area is 296 Å². The zero-order valence-electron chi connectivity index (χ0n) is 28.7. The standard InChI is InChI=1S/C46H37N3S/c1-29-24-39-35-12-9-11-34(33-19-20-37-36-10-5-6-13-42(36)49(43(37)26-33)44-14-7-8-22-48-44)38(35)27-40(45(39)50-29)41-25-32(21-23-47-41)31-17-15-30(16-18-31)28-46(2,3)4/h5-27H,28H2,1-4H3. The van der Waals surface area contributed by atoms with Gasteiger partial charge in [0.05, 0.1) is 16.7 Å². The van der Waals surface area contributed by atoms with Gasteiger partial charge in [0.25, 0.3) is 0 Å². The average molecular weight is 664 g/mol. The van der Waals surface area contributed by atoms with Gasteiger partial charge >= 0.3 is 0 Å². The van der Waals surface area contributed by atoms with Crippen LogP contribution < -0.4 is 0 Å². The molecule has 0 fully saturated rings. The summed E-state index contributed by atoms with van der Waals surface area (Å²) in [7, 11) is 0. The normalized spacial score (nSPS) is 12.1. The number of para-hydroxylation sites is 1. The highest BCUT2D eigenvalue weighted by Crippen LogP contribution is 2.43. The van der Waals surface area contributed by atoms with Crippen molar-refractivity contribution in [3.8, 4) is 39.3 Å². The summed E-state index contributed by atoms with van der Waals surface area (Å²) in [4.78, 5) is 11.0. The highest BCUT2D eigenvalue weighted by molar-refractivity contribution is 7.19. The SMILES string of the molecule is Cc1cc2c(s1)c(-c1cc(-c3ccc(CC(C)(C)C)cc3)ccn1)cc1c(-c3ccc4c5ccccc5n(-c5ccccn5)c4c3)cccc12. The lowest BCUT2D eigenvalue weighted by Crippen LogP contribution is -2.08. The first-order chi connectivity index (χ1) is 24.3. The number of benzene rings is 5. The van der Waals surface area contributed by atoms with E-state index in [1.165, 1.54) is 69.9 Å². The number of hydrogen-bond donors (Lipinski definition) is 0. The maximum atomic E-state index is 4.98. The highest BCUT2D eigenvalue weighted by atomic mass is 32.1. The van der Waals surface area contributed by atoms with Gasteiger partial charge in [0.1, 0.15) is 5.82 Å². The fourth-order valence-electron chi connectivity index (χ4n) is 7.58. The van der Waals surface area contributed by atoms with E-state index >= 15 is 0 Å². The minimum Gasteiger partial charge on any atom is -0.294 e. The molecular weight excluding hydrogens is 627 g/mol. The molecule has 0 saturated heterocycles. The van der Waals surface area contributed by atoms with Gasteiger partial charge in [0.15, 0.2) is 0 Å². The minimum absolute atomic E-state index is 0.258. The van der Waals surface area contributed by atoms with Gasteiger partial charge in [-0.1, -0.05) is 99.6 Å². The van der Waals surface area contributed by atoms with Crippen LogP contribution in [0.5, 0.6) is 0 Å². The van der Waals surface area contributed by atoms with Crippen LogP contribution in [0.4, 0.5) is 0 Å². The van der Waals surface area contributed by atoms with Gasteiger partial charge in [-0.25, -0.2) is 4.98 Å². The molecular formula is C46H37N3S. The van der Waals surface area contributed by atoms with Crippen LogP contribution in [-0.2, 0) is 6.42 Å². The van der Waals surface area contributed by atoms with Crippen molar-refractivity contribution in [2.45, 2.75) is 34.1 Å². The van der Waals surface area contributed by atoms with E-state index in [0.717, 1.165) is 29.0 Å². The van der Waals surface area contributed by atoms with E-state index in [9.17, 15) is 0 Å². The molecule has 9 rings (SSSR count). The Morgan fingerprint density at radius 2 is 1.34 bits per heavy atom. The summed E-state index contributed by atoms with van der Waals surface area (Å²) in [5.74, 6) is 0.918. The minimum atomic E-state index is 0.258. The van der Waals surface area contributed by atoms with Crippen molar-refractivity contribution in [3.05, 3.63) is 150 Å². The Balaban J connectivity index is 1.22. The van der Waals surface area contributed by atoms with E-state index in [-0.39, 0.29) is 5.41 Å². The van der Waals surface area contributed by atoms with Crippen molar-refractivity contribution in [1.82, 2.24) is 14.5 Å². The van der Waals surface area contributed by atoms with Crippen molar-refractivity contribution < 1.29 is 0 Å². The molecule has 0 radical (unpaired) electrons. The van der Waals surface area contributed by atoms with Crippen LogP contribution in [0.2, 0.25) is 0 Å². The lowest BCUT2D eigenvalue weighted by molar-refractivity contribution is 0.411. The molecule has 4 aromatic heterocycles. The Morgan fingerprint density at radius 3 is 2.16 bits per heavy atom. The quantitative estimate of drug-likeness (QED) is 0.183. The maximum Gasteiger partial charge on any atom is 0.137 e. The van der Waals surface area contributed by atoms with Crippen LogP contribution in [0, 0.1) is 12.3 Å². The third-order valence-corrected chi connectivity index (χ3v) is 10.8. The molecule has 0 atom stereocenters. The van der Waals surface area contributed by atoms with E-state index < -0.39 is 0 Å². The summed E-state index contributed by atoms with van der Waals surface area (Å²) in [6.07, 6.45) is 4.88. The van der Waals surface area contributed by atoms with Crippen LogP contribution >= 0.6 is 11.3 Å².